The number of nitrogens with zero attached hydrogens (tertiary/aromatic N) is 2. The van der Waals surface area contributed by atoms with Crippen molar-refractivity contribution in [1.29, 1.82) is 0 Å². The summed E-state index contributed by atoms with van der Waals surface area (Å²) in [6.07, 6.45) is 1.32. The van der Waals surface area contributed by atoms with Crippen LogP contribution in [0.5, 0.6) is 0 Å². The van der Waals surface area contributed by atoms with E-state index < -0.39 is 17.1 Å². The molecule has 106 valence electrons. The summed E-state index contributed by atoms with van der Waals surface area (Å²) in [5, 5.41) is 0. The zero-order chi connectivity index (χ0) is 14.9. The van der Waals surface area contributed by atoms with Crippen LogP contribution in [0.25, 0.3) is 0 Å². The van der Waals surface area contributed by atoms with Gasteiger partial charge in [-0.25, -0.2) is 9.18 Å². The normalized spacial score (nSPS) is 10.8. The lowest BCUT2D eigenvalue weighted by atomic mass is 10.2. The minimum absolute atomic E-state index is 0.0121. The van der Waals surface area contributed by atoms with Gasteiger partial charge in [0.15, 0.2) is 0 Å². The monoisotopic (exact) mass is 341 g/mol. The van der Waals surface area contributed by atoms with E-state index in [4.69, 9.17) is 5.73 Å². The van der Waals surface area contributed by atoms with Crippen LogP contribution in [0.2, 0.25) is 0 Å². The molecule has 0 aliphatic carbocycles. The van der Waals surface area contributed by atoms with Gasteiger partial charge in [0.05, 0.1) is 6.54 Å². The Hall–Kier alpha value is -1.89. The summed E-state index contributed by atoms with van der Waals surface area (Å²) in [4.78, 5) is 24.1. The Morgan fingerprint density at radius 1 is 1.30 bits per heavy atom. The van der Waals surface area contributed by atoms with Crippen molar-refractivity contribution in [3.63, 3.8) is 0 Å². The second-order valence-electron chi connectivity index (χ2n) is 4.32. The van der Waals surface area contributed by atoms with E-state index in [1.807, 2.05) is 0 Å². The van der Waals surface area contributed by atoms with E-state index in [9.17, 15) is 14.0 Å². The van der Waals surface area contributed by atoms with Crippen molar-refractivity contribution < 1.29 is 4.39 Å². The van der Waals surface area contributed by atoms with Crippen LogP contribution < -0.4 is 17.0 Å². The zero-order valence-corrected chi connectivity index (χ0v) is 12.4. The van der Waals surface area contributed by atoms with Gasteiger partial charge in [-0.2, -0.15) is 0 Å². The number of rotatable bonds is 3. The molecule has 1 aromatic carbocycles. The summed E-state index contributed by atoms with van der Waals surface area (Å²) in [5.74, 6) is -0.442. The highest BCUT2D eigenvalue weighted by Gasteiger charge is 2.10. The van der Waals surface area contributed by atoms with E-state index in [2.05, 4.69) is 15.9 Å². The summed E-state index contributed by atoms with van der Waals surface area (Å²) in [6, 6.07) is 4.22. The molecule has 1 heterocycles. The first-order chi connectivity index (χ1) is 9.42. The van der Waals surface area contributed by atoms with Gasteiger partial charge in [0.1, 0.15) is 11.5 Å². The molecule has 0 aliphatic rings. The lowest BCUT2D eigenvalue weighted by molar-refractivity contribution is 0.595. The van der Waals surface area contributed by atoms with Crippen LogP contribution in [0.1, 0.15) is 12.5 Å². The molecule has 7 heteroatoms. The highest BCUT2D eigenvalue weighted by molar-refractivity contribution is 9.10. The van der Waals surface area contributed by atoms with Gasteiger partial charge >= 0.3 is 5.69 Å². The smallest absolute Gasteiger partial charge is 0.331 e. The topological polar surface area (TPSA) is 70.0 Å². The lowest BCUT2D eigenvalue weighted by Gasteiger charge is -2.10. The van der Waals surface area contributed by atoms with E-state index in [0.717, 1.165) is 4.57 Å². The Bertz CT molecular complexity index is 747. The average Bonchev–Trinajstić information content (AvgIpc) is 2.38. The molecule has 20 heavy (non-hydrogen) atoms. The van der Waals surface area contributed by atoms with Gasteiger partial charge in [-0.1, -0.05) is 15.9 Å². The first kappa shape index (κ1) is 14.5. The Morgan fingerprint density at radius 2 is 2.00 bits per heavy atom. The summed E-state index contributed by atoms with van der Waals surface area (Å²) in [7, 11) is 0. The van der Waals surface area contributed by atoms with Gasteiger partial charge in [-0.3, -0.25) is 13.9 Å². The maximum absolute atomic E-state index is 13.3. The van der Waals surface area contributed by atoms with E-state index in [0.29, 0.717) is 16.6 Å². The zero-order valence-electron chi connectivity index (χ0n) is 10.8. The first-order valence-electron chi connectivity index (χ1n) is 5.97. The number of benzene rings is 1. The quantitative estimate of drug-likeness (QED) is 0.920. The van der Waals surface area contributed by atoms with Gasteiger partial charge in [0, 0.05) is 17.2 Å². The Kier molecular flexibility index (Phi) is 4.08. The predicted octanol–water partition coefficient (Wildman–Crippen LogP) is 1.56. The average molecular weight is 342 g/mol. The van der Waals surface area contributed by atoms with Gasteiger partial charge in [0.2, 0.25) is 0 Å². The van der Waals surface area contributed by atoms with Gasteiger partial charge in [-0.15, -0.1) is 0 Å². The Morgan fingerprint density at radius 3 is 2.60 bits per heavy atom. The lowest BCUT2D eigenvalue weighted by Crippen LogP contribution is -2.40. The molecule has 2 N–H and O–H groups in total. The van der Waals surface area contributed by atoms with Crippen LogP contribution in [0.15, 0.2) is 38.5 Å². The fraction of sp³-hybridized carbons (Fsp3) is 0.231. The molecule has 5 nitrogen and oxygen atoms in total. The van der Waals surface area contributed by atoms with Gasteiger partial charge in [-0.05, 0) is 30.7 Å². The third-order valence-electron chi connectivity index (χ3n) is 2.87. The molecule has 0 spiro atoms. The highest BCUT2D eigenvalue weighted by atomic mass is 79.9. The number of nitrogens with two attached hydrogens (primary N) is 1. The van der Waals surface area contributed by atoms with E-state index >= 15 is 0 Å². The van der Waals surface area contributed by atoms with Crippen molar-refractivity contribution in [2.45, 2.75) is 20.0 Å². The minimum atomic E-state index is -0.569. The van der Waals surface area contributed by atoms with Crippen molar-refractivity contribution in [1.82, 2.24) is 9.13 Å². The van der Waals surface area contributed by atoms with Crippen molar-refractivity contribution in [2.75, 3.05) is 5.73 Å². The molecule has 0 atom stereocenters. The number of aromatic nitrogens is 2. The van der Waals surface area contributed by atoms with Crippen molar-refractivity contribution in [3.05, 3.63) is 61.1 Å². The fourth-order valence-electron chi connectivity index (χ4n) is 1.93. The molecule has 0 fully saturated rings. The SMILES string of the molecule is CCn1cc(N)c(=O)n(Cc2cc(F)cc(Br)c2)c1=O. The Labute approximate surface area is 122 Å². The molecular weight excluding hydrogens is 329 g/mol. The van der Waals surface area contributed by atoms with E-state index in [1.54, 1.807) is 13.0 Å². The van der Waals surface area contributed by atoms with Crippen LogP contribution in [-0.4, -0.2) is 9.13 Å². The molecule has 0 saturated carbocycles. The first-order valence-corrected chi connectivity index (χ1v) is 6.76. The number of aryl methyl sites for hydroxylation is 1. The third-order valence-corrected chi connectivity index (χ3v) is 3.33. The number of hydrogen-bond donors (Lipinski definition) is 1. The maximum Gasteiger partial charge on any atom is 0.331 e. The van der Waals surface area contributed by atoms with Gasteiger partial charge in [0.25, 0.3) is 5.56 Å². The molecule has 0 bridgehead atoms. The molecule has 2 aromatic rings. The summed E-state index contributed by atoms with van der Waals surface area (Å²) in [5.41, 5.74) is 5.06. The van der Waals surface area contributed by atoms with Crippen molar-refractivity contribution >= 4 is 21.6 Å². The predicted molar refractivity (Wildman–Crippen MR) is 78.3 cm³/mol. The number of hydrogen-bond acceptors (Lipinski definition) is 3. The van der Waals surface area contributed by atoms with Crippen molar-refractivity contribution in [2.24, 2.45) is 0 Å². The molecular formula is C13H13BrFN3O2. The Balaban J connectivity index is 2.56. The molecule has 0 unspecified atom stereocenters. The van der Waals surface area contributed by atoms with Crippen LogP contribution in [0.3, 0.4) is 0 Å². The van der Waals surface area contributed by atoms with Crippen LogP contribution in [0.4, 0.5) is 10.1 Å². The summed E-state index contributed by atoms with van der Waals surface area (Å²) < 4.78 is 16.2. The summed E-state index contributed by atoms with van der Waals surface area (Å²) in [6.45, 7) is 2.14. The molecule has 1 aromatic heterocycles. The molecule has 2 rings (SSSR count). The second-order valence-corrected chi connectivity index (χ2v) is 5.24. The molecule has 0 radical (unpaired) electrons. The fourth-order valence-corrected chi connectivity index (χ4v) is 2.44. The largest absolute Gasteiger partial charge is 0.393 e. The van der Waals surface area contributed by atoms with E-state index in [-0.39, 0.29) is 12.2 Å². The third kappa shape index (κ3) is 2.82. The number of halogens is 2. The van der Waals surface area contributed by atoms with E-state index in [1.165, 1.54) is 22.9 Å². The standard InChI is InChI=1S/C13H13BrFN3O2/c1-2-17-7-11(16)12(19)18(13(17)20)6-8-3-9(14)5-10(15)4-8/h3-5,7H,2,6,16H2,1H3. The number of anilines is 1. The maximum atomic E-state index is 13.3. The molecule has 0 amide bonds. The van der Waals surface area contributed by atoms with Gasteiger partial charge < -0.3 is 5.73 Å². The van der Waals surface area contributed by atoms with Crippen LogP contribution >= 0.6 is 15.9 Å². The highest BCUT2D eigenvalue weighted by Crippen LogP contribution is 2.15. The van der Waals surface area contributed by atoms with Crippen LogP contribution in [0, 0.1) is 5.82 Å². The minimum Gasteiger partial charge on any atom is -0.393 e. The second kappa shape index (κ2) is 5.62. The van der Waals surface area contributed by atoms with Crippen molar-refractivity contribution in [3.8, 4) is 0 Å². The summed E-state index contributed by atoms with van der Waals surface area (Å²) >= 11 is 3.17. The number of nitrogen functional groups attached to an aromatic ring is 1. The van der Waals surface area contributed by atoms with Crippen LogP contribution in [-0.2, 0) is 13.1 Å². The molecule has 0 saturated heterocycles. The molecule has 0 aliphatic heterocycles.